The molecule has 0 bridgehead atoms. The average Bonchev–Trinajstić information content (AvgIpc) is 2.68. The highest BCUT2D eigenvalue weighted by molar-refractivity contribution is 5.93. The Labute approximate surface area is 108 Å². The zero-order valence-electron chi connectivity index (χ0n) is 11.1. The summed E-state index contributed by atoms with van der Waals surface area (Å²) in [6, 6.07) is 2.00. The van der Waals surface area contributed by atoms with Gasteiger partial charge in [0.25, 0.3) is 5.91 Å². The summed E-state index contributed by atoms with van der Waals surface area (Å²) in [5, 5.41) is 0. The van der Waals surface area contributed by atoms with Crippen LogP contribution in [-0.2, 0) is 0 Å². The Hall–Kier alpha value is -1.49. The Balaban J connectivity index is 2.16. The van der Waals surface area contributed by atoms with E-state index in [0.717, 1.165) is 32.5 Å². The largest absolute Gasteiger partial charge is 0.397 e. The molecule has 100 valence electrons. The normalized spacial score (nSPS) is 21.9. The molecule has 0 spiro atoms. The first kappa shape index (κ1) is 13.0. The van der Waals surface area contributed by atoms with E-state index in [4.69, 9.17) is 5.73 Å². The number of nitrogens with one attached hydrogen (secondary N) is 1. The number of hydrogen-bond acceptors (Lipinski definition) is 3. The highest BCUT2D eigenvalue weighted by atomic mass is 16.2. The molecule has 5 nitrogen and oxygen atoms in total. The molecule has 1 unspecified atom stereocenters. The molecule has 1 aliphatic rings. The molecule has 1 aliphatic heterocycles. The number of nitrogens with two attached hydrogens (primary N) is 1. The zero-order chi connectivity index (χ0) is 13.1. The summed E-state index contributed by atoms with van der Waals surface area (Å²) in [6.07, 6.45) is 3.67. The van der Waals surface area contributed by atoms with Gasteiger partial charge in [0.15, 0.2) is 0 Å². The molecule has 3 N–H and O–H groups in total. The van der Waals surface area contributed by atoms with Crippen LogP contribution in [0.4, 0.5) is 5.69 Å². The molecule has 0 radical (unpaired) electrons. The second-order valence-corrected chi connectivity index (χ2v) is 5.02. The van der Waals surface area contributed by atoms with Gasteiger partial charge in [-0.05, 0) is 32.5 Å². The summed E-state index contributed by atoms with van der Waals surface area (Å²) >= 11 is 0. The minimum absolute atomic E-state index is 0.0638. The van der Waals surface area contributed by atoms with Crippen molar-refractivity contribution in [3.8, 4) is 0 Å². The Morgan fingerprint density at radius 2 is 2.33 bits per heavy atom. The van der Waals surface area contributed by atoms with E-state index >= 15 is 0 Å². The number of nitrogen functional groups attached to an aromatic ring is 1. The molecule has 1 fully saturated rings. The van der Waals surface area contributed by atoms with Crippen LogP contribution in [0.3, 0.4) is 0 Å². The van der Waals surface area contributed by atoms with Crippen LogP contribution in [0.5, 0.6) is 0 Å². The molecule has 0 aliphatic carbocycles. The predicted octanol–water partition coefficient (Wildman–Crippen LogP) is 1.15. The first-order valence-corrected chi connectivity index (χ1v) is 6.55. The lowest BCUT2D eigenvalue weighted by Gasteiger charge is -2.29. The van der Waals surface area contributed by atoms with Gasteiger partial charge in [0.05, 0.1) is 0 Å². The number of H-pyrrole nitrogens is 1. The van der Waals surface area contributed by atoms with Crippen LogP contribution in [0, 0.1) is 0 Å². The van der Waals surface area contributed by atoms with Crippen molar-refractivity contribution >= 4 is 11.6 Å². The summed E-state index contributed by atoms with van der Waals surface area (Å²) in [6.45, 7) is 4.94. The Morgan fingerprint density at radius 3 is 2.94 bits per heavy atom. The van der Waals surface area contributed by atoms with Gasteiger partial charge in [0.1, 0.15) is 5.69 Å². The van der Waals surface area contributed by atoms with Crippen molar-refractivity contribution in [2.24, 2.45) is 0 Å². The number of aromatic nitrogens is 1. The maximum absolute atomic E-state index is 12.5. The van der Waals surface area contributed by atoms with E-state index in [1.165, 1.54) is 0 Å². The minimum Gasteiger partial charge on any atom is -0.397 e. The molecular weight excluding hydrogens is 228 g/mol. The molecular formula is C13H22N4O. The van der Waals surface area contributed by atoms with Crippen LogP contribution in [0.15, 0.2) is 12.3 Å². The lowest BCUT2D eigenvalue weighted by atomic mass is 10.1. The fourth-order valence-corrected chi connectivity index (χ4v) is 2.55. The van der Waals surface area contributed by atoms with Gasteiger partial charge in [-0.15, -0.1) is 0 Å². The number of carbonyl (C=O) groups excluding carboxylic acids is 1. The number of amides is 1. The fraction of sp³-hybridized carbons (Fsp3) is 0.615. The third-order valence-electron chi connectivity index (χ3n) is 3.57. The smallest absolute Gasteiger partial charge is 0.270 e. The van der Waals surface area contributed by atoms with Crippen molar-refractivity contribution in [1.82, 2.24) is 14.8 Å². The monoisotopic (exact) mass is 250 g/mol. The molecule has 1 atom stereocenters. The molecule has 1 aromatic heterocycles. The summed E-state index contributed by atoms with van der Waals surface area (Å²) in [4.78, 5) is 19.7. The standard InChI is InChI=1S/C13H22N4O/c1-3-11-9-16(2)5-4-6-17(11)13(18)12-7-10(14)8-15-12/h7-8,11,15H,3-6,9,14H2,1-2H3. The Morgan fingerprint density at radius 1 is 1.56 bits per heavy atom. The van der Waals surface area contributed by atoms with E-state index < -0.39 is 0 Å². The maximum atomic E-state index is 12.5. The van der Waals surface area contributed by atoms with E-state index in [1.807, 2.05) is 4.90 Å². The molecule has 1 aromatic rings. The summed E-state index contributed by atoms with van der Waals surface area (Å²) in [5.74, 6) is 0.0638. The van der Waals surface area contributed by atoms with E-state index in [0.29, 0.717) is 11.4 Å². The van der Waals surface area contributed by atoms with Gasteiger partial charge in [-0.25, -0.2) is 0 Å². The number of hydrogen-bond donors (Lipinski definition) is 2. The van der Waals surface area contributed by atoms with Gasteiger partial charge in [0, 0.05) is 31.0 Å². The quantitative estimate of drug-likeness (QED) is 0.827. The van der Waals surface area contributed by atoms with E-state index in [9.17, 15) is 4.79 Å². The van der Waals surface area contributed by atoms with Crippen LogP contribution >= 0.6 is 0 Å². The van der Waals surface area contributed by atoms with E-state index in [-0.39, 0.29) is 11.9 Å². The molecule has 18 heavy (non-hydrogen) atoms. The number of aromatic amines is 1. The van der Waals surface area contributed by atoms with E-state index in [1.54, 1.807) is 12.3 Å². The fourth-order valence-electron chi connectivity index (χ4n) is 2.55. The number of carbonyl (C=O) groups is 1. The van der Waals surface area contributed by atoms with Crippen LogP contribution in [0.2, 0.25) is 0 Å². The predicted molar refractivity (Wildman–Crippen MR) is 72.4 cm³/mol. The molecule has 1 saturated heterocycles. The topological polar surface area (TPSA) is 65.4 Å². The van der Waals surface area contributed by atoms with Gasteiger partial charge in [-0.2, -0.15) is 0 Å². The highest BCUT2D eigenvalue weighted by Crippen LogP contribution is 2.16. The van der Waals surface area contributed by atoms with Crippen molar-refractivity contribution < 1.29 is 4.79 Å². The van der Waals surface area contributed by atoms with Crippen LogP contribution in [-0.4, -0.2) is 53.4 Å². The Kier molecular flexibility index (Phi) is 3.91. The van der Waals surface area contributed by atoms with Gasteiger partial charge < -0.3 is 20.5 Å². The van der Waals surface area contributed by atoms with Crippen molar-refractivity contribution in [1.29, 1.82) is 0 Å². The Bertz CT molecular complexity index is 415. The van der Waals surface area contributed by atoms with E-state index in [2.05, 4.69) is 23.9 Å². The summed E-state index contributed by atoms with van der Waals surface area (Å²) in [5.41, 5.74) is 6.86. The lowest BCUT2D eigenvalue weighted by Crippen LogP contribution is -2.43. The molecule has 0 aromatic carbocycles. The van der Waals surface area contributed by atoms with Gasteiger partial charge >= 0.3 is 0 Å². The van der Waals surface area contributed by atoms with Crippen LogP contribution < -0.4 is 5.73 Å². The van der Waals surface area contributed by atoms with Crippen LogP contribution in [0.1, 0.15) is 30.3 Å². The van der Waals surface area contributed by atoms with Gasteiger partial charge in [0.2, 0.25) is 0 Å². The molecule has 5 heteroatoms. The summed E-state index contributed by atoms with van der Waals surface area (Å²) in [7, 11) is 2.11. The third-order valence-corrected chi connectivity index (χ3v) is 3.57. The molecule has 0 saturated carbocycles. The molecule has 2 rings (SSSR count). The first-order chi connectivity index (χ1) is 8.61. The van der Waals surface area contributed by atoms with Gasteiger partial charge in [-0.3, -0.25) is 4.79 Å². The average molecular weight is 250 g/mol. The number of likely N-dealkylation sites (N-methyl/N-ethyl adjacent to an activating group) is 1. The molecule has 2 heterocycles. The number of rotatable bonds is 2. The first-order valence-electron chi connectivity index (χ1n) is 6.55. The molecule has 1 amide bonds. The van der Waals surface area contributed by atoms with Crippen molar-refractivity contribution in [2.45, 2.75) is 25.8 Å². The highest BCUT2D eigenvalue weighted by Gasteiger charge is 2.27. The van der Waals surface area contributed by atoms with Crippen molar-refractivity contribution in [3.63, 3.8) is 0 Å². The van der Waals surface area contributed by atoms with Crippen molar-refractivity contribution in [3.05, 3.63) is 18.0 Å². The second kappa shape index (κ2) is 5.44. The maximum Gasteiger partial charge on any atom is 0.270 e. The lowest BCUT2D eigenvalue weighted by molar-refractivity contribution is 0.0670. The third kappa shape index (κ3) is 2.67. The number of anilines is 1. The van der Waals surface area contributed by atoms with Crippen molar-refractivity contribution in [2.75, 3.05) is 32.4 Å². The SMILES string of the molecule is CCC1CN(C)CCCN1C(=O)c1cc(N)c[nH]1. The number of nitrogens with zero attached hydrogens (tertiary/aromatic N) is 2. The zero-order valence-corrected chi connectivity index (χ0v) is 11.1. The van der Waals surface area contributed by atoms with Gasteiger partial charge in [-0.1, -0.05) is 6.92 Å². The van der Waals surface area contributed by atoms with Crippen LogP contribution in [0.25, 0.3) is 0 Å². The summed E-state index contributed by atoms with van der Waals surface area (Å²) < 4.78 is 0. The second-order valence-electron chi connectivity index (χ2n) is 5.02. The minimum atomic E-state index is 0.0638.